The summed E-state index contributed by atoms with van der Waals surface area (Å²) < 4.78 is 5.20. The van der Waals surface area contributed by atoms with E-state index in [1.165, 1.54) is 0 Å². The topological polar surface area (TPSA) is 94.8 Å². The van der Waals surface area contributed by atoms with Gasteiger partial charge in [0.15, 0.2) is 0 Å². The summed E-state index contributed by atoms with van der Waals surface area (Å²) in [6.45, 7) is 0.979. The highest BCUT2D eigenvalue weighted by Gasteiger charge is 2.29. The number of hydrogen-bond acceptors (Lipinski definition) is 5. The number of hydrogen-bond donors (Lipinski definition) is 3. The van der Waals surface area contributed by atoms with Crippen LogP contribution in [0, 0.1) is 0 Å². The summed E-state index contributed by atoms with van der Waals surface area (Å²) in [6, 6.07) is 10.8. The van der Waals surface area contributed by atoms with Crippen LogP contribution in [0.15, 0.2) is 47.1 Å². The van der Waals surface area contributed by atoms with Crippen LogP contribution in [0.4, 0.5) is 5.69 Å². The smallest absolute Gasteiger partial charge is 0.253 e. The van der Waals surface area contributed by atoms with E-state index in [-0.39, 0.29) is 31.5 Å². The molecule has 26 heavy (non-hydrogen) atoms. The molecule has 1 aromatic carbocycles. The van der Waals surface area contributed by atoms with Crippen LogP contribution < -0.4 is 10.6 Å². The van der Waals surface area contributed by atoms with E-state index in [1.807, 2.05) is 4.90 Å². The second-order valence-corrected chi connectivity index (χ2v) is 6.28. The molecule has 138 valence electrons. The van der Waals surface area contributed by atoms with Gasteiger partial charge in [0.05, 0.1) is 37.2 Å². The van der Waals surface area contributed by atoms with E-state index < -0.39 is 0 Å². The van der Waals surface area contributed by atoms with Crippen LogP contribution in [0.25, 0.3) is 0 Å². The predicted octanol–water partition coefficient (Wildman–Crippen LogP) is 1.60. The summed E-state index contributed by atoms with van der Waals surface area (Å²) in [5.74, 6) is 0.173. The number of benzene rings is 1. The number of amides is 2. The summed E-state index contributed by atoms with van der Waals surface area (Å²) in [5.41, 5.74) is 0.863. The Bertz CT molecular complexity index is 741. The molecule has 1 saturated carbocycles. The molecular formula is C19H23N3O4. The predicted molar refractivity (Wildman–Crippen MR) is 96.6 cm³/mol. The highest BCUT2D eigenvalue weighted by Crippen LogP contribution is 2.26. The third-order valence-electron chi connectivity index (χ3n) is 4.25. The van der Waals surface area contributed by atoms with Gasteiger partial charge in [-0.2, -0.15) is 0 Å². The van der Waals surface area contributed by atoms with E-state index in [9.17, 15) is 9.59 Å². The summed E-state index contributed by atoms with van der Waals surface area (Å²) >= 11 is 0. The van der Waals surface area contributed by atoms with Gasteiger partial charge in [-0.25, -0.2) is 0 Å². The van der Waals surface area contributed by atoms with Crippen molar-refractivity contribution < 1.29 is 19.1 Å². The van der Waals surface area contributed by atoms with Crippen LogP contribution in [0.5, 0.6) is 0 Å². The molecule has 7 heteroatoms. The first kappa shape index (κ1) is 18.2. The molecule has 0 bridgehead atoms. The number of carbonyl (C=O) groups is 2. The molecule has 2 aromatic rings. The van der Waals surface area contributed by atoms with Crippen LogP contribution in [0.3, 0.4) is 0 Å². The van der Waals surface area contributed by atoms with E-state index in [0.717, 1.165) is 12.8 Å². The Balaban J connectivity index is 1.60. The first-order valence-corrected chi connectivity index (χ1v) is 8.71. The first-order chi connectivity index (χ1) is 12.7. The molecule has 1 aliphatic rings. The lowest BCUT2D eigenvalue weighted by molar-refractivity contribution is -0.117. The van der Waals surface area contributed by atoms with Crippen LogP contribution in [0.1, 0.15) is 29.0 Å². The Morgan fingerprint density at radius 1 is 1.19 bits per heavy atom. The molecule has 0 atom stereocenters. The third kappa shape index (κ3) is 4.93. The number of rotatable bonds is 9. The van der Waals surface area contributed by atoms with Gasteiger partial charge < -0.3 is 20.2 Å². The molecule has 3 rings (SSSR count). The number of anilines is 1. The molecule has 1 heterocycles. The largest absolute Gasteiger partial charge is 0.467 e. The quantitative estimate of drug-likeness (QED) is 0.634. The average Bonchev–Trinajstić information content (AvgIpc) is 3.35. The second kappa shape index (κ2) is 8.64. The van der Waals surface area contributed by atoms with Gasteiger partial charge >= 0.3 is 0 Å². The molecular weight excluding hydrogens is 334 g/mol. The molecule has 0 radical (unpaired) electrons. The van der Waals surface area contributed by atoms with E-state index >= 15 is 0 Å². The maximum atomic E-state index is 12.4. The number of nitrogens with one attached hydrogen (secondary N) is 2. The fourth-order valence-corrected chi connectivity index (χ4v) is 2.80. The molecule has 3 N–H and O–H groups in total. The lowest BCUT2D eigenvalue weighted by Gasteiger charge is -2.20. The van der Waals surface area contributed by atoms with E-state index in [1.54, 1.807) is 42.7 Å². The molecule has 0 spiro atoms. The minimum absolute atomic E-state index is 0.0234. The van der Waals surface area contributed by atoms with Gasteiger partial charge in [-0.3, -0.25) is 14.5 Å². The molecule has 0 unspecified atom stereocenters. The maximum Gasteiger partial charge on any atom is 0.253 e. The van der Waals surface area contributed by atoms with E-state index in [4.69, 9.17) is 9.52 Å². The maximum absolute atomic E-state index is 12.4. The molecule has 0 aliphatic heterocycles. The number of aliphatic hydroxyl groups is 1. The molecule has 1 aliphatic carbocycles. The van der Waals surface area contributed by atoms with Crippen LogP contribution >= 0.6 is 0 Å². The van der Waals surface area contributed by atoms with E-state index in [2.05, 4.69) is 10.6 Å². The van der Waals surface area contributed by atoms with Crippen LogP contribution in [-0.2, 0) is 11.3 Å². The highest BCUT2D eigenvalue weighted by atomic mass is 16.3. The van der Waals surface area contributed by atoms with Crippen molar-refractivity contribution in [1.82, 2.24) is 10.2 Å². The summed E-state index contributed by atoms with van der Waals surface area (Å²) in [5, 5.41) is 14.7. The van der Waals surface area contributed by atoms with Gasteiger partial charge in [0.1, 0.15) is 5.76 Å². The highest BCUT2D eigenvalue weighted by molar-refractivity contribution is 6.04. The fourth-order valence-electron chi connectivity index (χ4n) is 2.80. The Hall–Kier alpha value is -2.64. The van der Waals surface area contributed by atoms with Crippen molar-refractivity contribution in [1.29, 1.82) is 0 Å². The molecule has 1 fully saturated rings. The van der Waals surface area contributed by atoms with Gasteiger partial charge in [0.25, 0.3) is 5.91 Å². The van der Waals surface area contributed by atoms with Gasteiger partial charge in [0, 0.05) is 12.6 Å². The van der Waals surface area contributed by atoms with Gasteiger partial charge in [-0.15, -0.1) is 0 Å². The minimum atomic E-state index is -0.285. The lowest BCUT2D eigenvalue weighted by Crippen LogP contribution is -2.37. The Labute approximate surface area is 152 Å². The molecule has 1 aromatic heterocycles. The molecule has 2 amide bonds. The van der Waals surface area contributed by atoms with Crippen LogP contribution in [-0.4, -0.2) is 47.6 Å². The van der Waals surface area contributed by atoms with E-state index in [0.29, 0.717) is 29.6 Å². The SMILES string of the molecule is O=C(CN(CCO)C1CC1)Nc1ccccc1C(=O)NCc1ccco1. The Morgan fingerprint density at radius 3 is 2.69 bits per heavy atom. The minimum Gasteiger partial charge on any atom is -0.467 e. The van der Waals surface area contributed by atoms with Crippen molar-refractivity contribution in [3.8, 4) is 0 Å². The average molecular weight is 357 g/mol. The normalized spacial score (nSPS) is 13.6. The van der Waals surface area contributed by atoms with Crippen molar-refractivity contribution >= 4 is 17.5 Å². The molecule has 0 saturated heterocycles. The molecule has 7 nitrogen and oxygen atoms in total. The standard InChI is InChI=1S/C19H23N3O4/c23-10-9-22(14-7-8-14)13-18(24)21-17-6-2-1-5-16(17)19(25)20-12-15-4-3-11-26-15/h1-6,11,14,23H,7-10,12-13H2,(H,20,25)(H,21,24). The fraction of sp³-hybridized carbons (Fsp3) is 0.368. The Kier molecular flexibility index (Phi) is 6.04. The van der Waals surface area contributed by atoms with Gasteiger partial charge in [-0.05, 0) is 37.1 Å². The summed E-state index contributed by atoms with van der Waals surface area (Å²) in [4.78, 5) is 26.8. The number of nitrogens with zero attached hydrogens (tertiary/aromatic N) is 1. The van der Waals surface area contributed by atoms with Crippen molar-refractivity contribution in [3.05, 3.63) is 54.0 Å². The number of aliphatic hydroxyl groups excluding tert-OH is 1. The van der Waals surface area contributed by atoms with Gasteiger partial charge in [0.2, 0.25) is 5.91 Å². The van der Waals surface area contributed by atoms with Crippen molar-refractivity contribution in [2.45, 2.75) is 25.4 Å². The third-order valence-corrected chi connectivity index (χ3v) is 4.25. The van der Waals surface area contributed by atoms with Crippen molar-refractivity contribution in [3.63, 3.8) is 0 Å². The van der Waals surface area contributed by atoms with Crippen molar-refractivity contribution in [2.75, 3.05) is 25.0 Å². The summed E-state index contributed by atoms with van der Waals surface area (Å²) in [6.07, 6.45) is 3.66. The number of furan rings is 1. The first-order valence-electron chi connectivity index (χ1n) is 8.71. The van der Waals surface area contributed by atoms with Crippen molar-refractivity contribution in [2.24, 2.45) is 0 Å². The second-order valence-electron chi connectivity index (χ2n) is 6.28. The monoisotopic (exact) mass is 357 g/mol. The summed E-state index contributed by atoms with van der Waals surface area (Å²) in [7, 11) is 0. The zero-order valence-electron chi connectivity index (χ0n) is 14.5. The lowest BCUT2D eigenvalue weighted by atomic mass is 10.1. The number of para-hydroxylation sites is 1. The zero-order chi connectivity index (χ0) is 18.4. The van der Waals surface area contributed by atoms with Gasteiger partial charge in [-0.1, -0.05) is 12.1 Å². The zero-order valence-corrected chi connectivity index (χ0v) is 14.5. The number of carbonyl (C=O) groups excluding carboxylic acids is 2. The Morgan fingerprint density at radius 2 is 2.00 bits per heavy atom. The van der Waals surface area contributed by atoms with Crippen LogP contribution in [0.2, 0.25) is 0 Å².